The third-order valence-corrected chi connectivity index (χ3v) is 7.03. The van der Waals surface area contributed by atoms with Crippen molar-refractivity contribution in [3.05, 3.63) is 64.6 Å². The van der Waals surface area contributed by atoms with Crippen LogP contribution < -0.4 is 0 Å². The summed E-state index contributed by atoms with van der Waals surface area (Å²) >= 11 is 6.19. The number of carbonyl (C=O) groups is 1. The molecule has 0 radical (unpaired) electrons. The number of rotatable bonds is 6. The van der Waals surface area contributed by atoms with Gasteiger partial charge in [0.15, 0.2) is 0 Å². The Morgan fingerprint density at radius 3 is 2.81 bits per heavy atom. The van der Waals surface area contributed by atoms with Gasteiger partial charge in [0, 0.05) is 46.9 Å². The molecule has 0 aliphatic carbocycles. The number of imidazole rings is 1. The quantitative estimate of drug-likeness (QED) is 0.381. The van der Waals surface area contributed by atoms with E-state index in [1.54, 1.807) is 0 Å². The summed E-state index contributed by atoms with van der Waals surface area (Å²) in [6.07, 6.45) is 4.47. The van der Waals surface area contributed by atoms with Gasteiger partial charge in [-0.3, -0.25) is 9.69 Å². The Morgan fingerprint density at radius 2 is 2.00 bits per heavy atom. The second kappa shape index (κ2) is 8.72. The van der Waals surface area contributed by atoms with Crippen LogP contribution in [0, 0.1) is 12.8 Å². The first-order valence-electron chi connectivity index (χ1n) is 11.4. The van der Waals surface area contributed by atoms with Crippen molar-refractivity contribution in [3.8, 4) is 0 Å². The maximum Gasteiger partial charge on any atom is 0.136 e. The number of benzene rings is 2. The van der Waals surface area contributed by atoms with Crippen LogP contribution in [0.4, 0.5) is 0 Å². The molecule has 0 amide bonds. The number of hydrogen-bond acceptors (Lipinski definition) is 3. The second-order valence-corrected chi connectivity index (χ2v) is 9.70. The molecule has 2 aromatic heterocycles. The molecule has 1 aliphatic heterocycles. The first-order chi connectivity index (χ1) is 15.5. The van der Waals surface area contributed by atoms with Gasteiger partial charge in [-0.25, -0.2) is 4.98 Å². The first kappa shape index (κ1) is 21.2. The molecule has 2 N–H and O–H groups in total. The van der Waals surface area contributed by atoms with Crippen molar-refractivity contribution in [2.45, 2.75) is 45.6 Å². The Hall–Kier alpha value is -2.63. The minimum absolute atomic E-state index is 0.101. The van der Waals surface area contributed by atoms with Gasteiger partial charge in [0.25, 0.3) is 0 Å². The van der Waals surface area contributed by atoms with E-state index >= 15 is 0 Å². The molecule has 0 saturated carbocycles. The molecular weight excluding hydrogens is 420 g/mol. The molecule has 1 atom stereocenters. The summed E-state index contributed by atoms with van der Waals surface area (Å²) in [6, 6.07) is 12.2. The highest BCUT2D eigenvalue weighted by atomic mass is 35.5. The lowest BCUT2D eigenvalue weighted by atomic mass is 9.87. The van der Waals surface area contributed by atoms with E-state index in [4.69, 9.17) is 16.6 Å². The number of H-pyrrole nitrogens is 2. The zero-order chi connectivity index (χ0) is 22.2. The Kier molecular flexibility index (Phi) is 5.78. The summed E-state index contributed by atoms with van der Waals surface area (Å²) in [5, 5.41) is 1.95. The minimum atomic E-state index is 0.101. The van der Waals surface area contributed by atoms with Crippen LogP contribution in [-0.4, -0.2) is 38.7 Å². The number of hydrogen-bond donors (Lipinski definition) is 2. The number of carbonyl (C=O) groups excluding carboxylic acids is 1. The van der Waals surface area contributed by atoms with Gasteiger partial charge in [-0.15, -0.1) is 0 Å². The third-order valence-electron chi connectivity index (χ3n) is 6.80. The molecule has 2 aromatic carbocycles. The summed E-state index contributed by atoms with van der Waals surface area (Å²) in [7, 11) is 0. The van der Waals surface area contributed by atoms with Crippen molar-refractivity contribution in [3.63, 3.8) is 0 Å². The Morgan fingerprint density at radius 1 is 1.19 bits per heavy atom. The molecule has 4 aromatic rings. The van der Waals surface area contributed by atoms with Crippen LogP contribution in [-0.2, 0) is 11.3 Å². The smallest absolute Gasteiger partial charge is 0.136 e. The molecular formula is C26H29ClN4O. The predicted octanol–water partition coefficient (Wildman–Crippen LogP) is 5.98. The molecule has 3 heterocycles. The fourth-order valence-electron chi connectivity index (χ4n) is 4.88. The van der Waals surface area contributed by atoms with Crippen molar-refractivity contribution in [2.75, 3.05) is 13.1 Å². The van der Waals surface area contributed by atoms with Gasteiger partial charge in [0.1, 0.15) is 11.6 Å². The lowest BCUT2D eigenvalue weighted by Gasteiger charge is -2.31. The summed E-state index contributed by atoms with van der Waals surface area (Å²) in [4.78, 5) is 26.9. The number of aromatic nitrogens is 3. The lowest BCUT2D eigenvalue weighted by Crippen LogP contribution is -2.36. The van der Waals surface area contributed by atoms with Crippen LogP contribution in [0.15, 0.2) is 42.6 Å². The molecule has 5 rings (SSSR count). The highest BCUT2D eigenvalue weighted by molar-refractivity contribution is 6.31. The average molecular weight is 449 g/mol. The molecule has 6 heteroatoms. The Bertz CT molecular complexity index is 1270. The lowest BCUT2D eigenvalue weighted by molar-refractivity contribution is -0.124. The van der Waals surface area contributed by atoms with Crippen molar-refractivity contribution >= 4 is 39.3 Å². The molecule has 1 aliphatic rings. The van der Waals surface area contributed by atoms with Gasteiger partial charge >= 0.3 is 0 Å². The summed E-state index contributed by atoms with van der Waals surface area (Å²) in [6.45, 7) is 6.95. The molecule has 32 heavy (non-hydrogen) atoms. The van der Waals surface area contributed by atoms with Gasteiger partial charge in [-0.2, -0.15) is 0 Å². The molecule has 1 unspecified atom stereocenters. The number of aromatic amines is 2. The van der Waals surface area contributed by atoms with E-state index in [1.807, 2.05) is 24.3 Å². The zero-order valence-corrected chi connectivity index (χ0v) is 19.4. The number of nitrogens with zero attached hydrogens (tertiary/aromatic N) is 2. The Balaban J connectivity index is 1.17. The van der Waals surface area contributed by atoms with E-state index in [0.717, 1.165) is 59.9 Å². The van der Waals surface area contributed by atoms with Gasteiger partial charge in [0.05, 0.1) is 11.0 Å². The van der Waals surface area contributed by atoms with Gasteiger partial charge in [-0.1, -0.05) is 24.6 Å². The van der Waals surface area contributed by atoms with Crippen LogP contribution >= 0.6 is 11.6 Å². The SMILES string of the molecule is Cc1ccc2nc(C(C)CC(=O)C3CCN(Cc4c[nH]c5ccc(Cl)cc45)CC3)[nH]c2c1. The topological polar surface area (TPSA) is 64.8 Å². The molecule has 1 saturated heterocycles. The van der Waals surface area contributed by atoms with Crippen molar-refractivity contribution < 1.29 is 4.79 Å². The van der Waals surface area contributed by atoms with E-state index in [9.17, 15) is 4.79 Å². The number of fused-ring (bicyclic) bond motifs is 2. The number of aryl methyl sites for hydroxylation is 1. The third kappa shape index (κ3) is 4.32. The summed E-state index contributed by atoms with van der Waals surface area (Å²) in [5.41, 5.74) is 5.60. The average Bonchev–Trinajstić information content (AvgIpc) is 3.38. The summed E-state index contributed by atoms with van der Waals surface area (Å²) in [5.74, 6) is 1.53. The van der Waals surface area contributed by atoms with E-state index in [1.165, 1.54) is 16.5 Å². The minimum Gasteiger partial charge on any atom is -0.361 e. The maximum atomic E-state index is 13.0. The number of piperidine rings is 1. The summed E-state index contributed by atoms with van der Waals surface area (Å²) < 4.78 is 0. The van der Waals surface area contributed by atoms with Crippen molar-refractivity contribution in [2.24, 2.45) is 5.92 Å². The highest BCUT2D eigenvalue weighted by Gasteiger charge is 2.27. The zero-order valence-electron chi connectivity index (χ0n) is 18.6. The van der Waals surface area contributed by atoms with E-state index in [0.29, 0.717) is 12.2 Å². The van der Waals surface area contributed by atoms with E-state index < -0.39 is 0 Å². The molecule has 0 spiro atoms. The van der Waals surface area contributed by atoms with Crippen molar-refractivity contribution in [1.82, 2.24) is 19.9 Å². The number of halogens is 1. The van der Waals surface area contributed by atoms with Crippen LogP contribution in [0.25, 0.3) is 21.9 Å². The highest BCUT2D eigenvalue weighted by Crippen LogP contribution is 2.28. The van der Waals surface area contributed by atoms with Crippen LogP contribution in [0.1, 0.15) is 49.1 Å². The monoisotopic (exact) mass is 448 g/mol. The Labute approximate surface area is 193 Å². The number of likely N-dealkylation sites (tertiary alicyclic amines) is 1. The predicted molar refractivity (Wildman–Crippen MR) is 130 cm³/mol. The fourth-order valence-corrected chi connectivity index (χ4v) is 5.05. The van der Waals surface area contributed by atoms with Crippen LogP contribution in [0.3, 0.4) is 0 Å². The molecule has 5 nitrogen and oxygen atoms in total. The van der Waals surface area contributed by atoms with Gasteiger partial charge < -0.3 is 9.97 Å². The first-order valence-corrected chi connectivity index (χ1v) is 11.8. The van der Waals surface area contributed by atoms with Crippen LogP contribution in [0.2, 0.25) is 5.02 Å². The molecule has 1 fully saturated rings. The van der Waals surface area contributed by atoms with E-state index in [-0.39, 0.29) is 11.8 Å². The number of Topliss-reactive ketones (excluding diaryl/α,β-unsaturated/α-hetero) is 1. The van der Waals surface area contributed by atoms with Crippen molar-refractivity contribution in [1.29, 1.82) is 0 Å². The number of ketones is 1. The van der Waals surface area contributed by atoms with Crippen LogP contribution in [0.5, 0.6) is 0 Å². The fraction of sp³-hybridized carbons (Fsp3) is 0.385. The molecule has 0 bridgehead atoms. The standard InChI is InChI=1S/C26H29ClN4O/c1-16-3-5-23-24(11-16)30-26(29-23)17(2)12-25(32)18-7-9-31(10-8-18)15-19-14-28-22-6-4-20(27)13-21(19)22/h3-6,11,13-14,17-18,28H,7-10,12,15H2,1-2H3,(H,29,30). The van der Waals surface area contributed by atoms with E-state index in [2.05, 4.69) is 47.0 Å². The molecule has 166 valence electrons. The number of nitrogens with one attached hydrogen (secondary N) is 2. The van der Waals surface area contributed by atoms with Gasteiger partial charge in [-0.05, 0) is 74.3 Å². The normalized spacial score (nSPS) is 16.7. The second-order valence-electron chi connectivity index (χ2n) is 9.27. The maximum absolute atomic E-state index is 13.0. The van der Waals surface area contributed by atoms with Gasteiger partial charge in [0.2, 0.25) is 0 Å². The largest absolute Gasteiger partial charge is 0.361 e.